The van der Waals surface area contributed by atoms with E-state index < -0.39 is 0 Å². The van der Waals surface area contributed by atoms with Crippen LogP contribution in [0.4, 0.5) is 0 Å². The Kier molecular flexibility index (Phi) is 2.98. The van der Waals surface area contributed by atoms with E-state index in [1.54, 1.807) is 6.20 Å². The molecule has 0 bridgehead atoms. The zero-order chi connectivity index (χ0) is 12.4. The monoisotopic (exact) mass is 244 g/mol. The van der Waals surface area contributed by atoms with Crippen LogP contribution in [0.1, 0.15) is 23.3 Å². The summed E-state index contributed by atoms with van der Waals surface area (Å²) >= 11 is 0. The van der Waals surface area contributed by atoms with Gasteiger partial charge < -0.3 is 10.6 Å². The van der Waals surface area contributed by atoms with Gasteiger partial charge in [-0.1, -0.05) is 6.07 Å². The number of amides is 1. The number of imidazole rings is 1. The highest BCUT2D eigenvalue weighted by Gasteiger charge is 2.18. The van der Waals surface area contributed by atoms with E-state index in [0.717, 1.165) is 31.6 Å². The first-order valence-corrected chi connectivity index (χ1v) is 6.28. The van der Waals surface area contributed by atoms with E-state index in [1.807, 2.05) is 28.8 Å². The molecule has 0 aromatic carbocycles. The highest BCUT2D eigenvalue weighted by molar-refractivity contribution is 5.93. The summed E-state index contributed by atoms with van der Waals surface area (Å²) in [6.45, 7) is 1.94. The number of nitrogens with zero attached hydrogens (tertiary/aromatic N) is 2. The molecule has 1 saturated heterocycles. The molecule has 2 N–H and O–H groups in total. The van der Waals surface area contributed by atoms with E-state index in [-0.39, 0.29) is 11.9 Å². The molecule has 0 radical (unpaired) electrons. The van der Waals surface area contributed by atoms with Crippen LogP contribution >= 0.6 is 0 Å². The van der Waals surface area contributed by atoms with Crippen molar-refractivity contribution in [3.63, 3.8) is 0 Å². The van der Waals surface area contributed by atoms with Gasteiger partial charge in [-0.2, -0.15) is 0 Å². The minimum Gasteiger partial charge on any atom is -0.348 e. The van der Waals surface area contributed by atoms with Crippen LogP contribution in [0.5, 0.6) is 0 Å². The minimum atomic E-state index is -0.0411. The Morgan fingerprint density at radius 2 is 2.22 bits per heavy atom. The van der Waals surface area contributed by atoms with E-state index in [2.05, 4.69) is 15.6 Å². The van der Waals surface area contributed by atoms with Crippen LogP contribution in [0.25, 0.3) is 5.65 Å². The molecule has 94 valence electrons. The molecule has 1 aliphatic heterocycles. The van der Waals surface area contributed by atoms with E-state index >= 15 is 0 Å². The third-order valence-corrected chi connectivity index (χ3v) is 3.32. The molecule has 1 fully saturated rings. The lowest BCUT2D eigenvalue weighted by Gasteiger charge is -2.23. The van der Waals surface area contributed by atoms with Crippen LogP contribution in [-0.2, 0) is 0 Å². The zero-order valence-electron chi connectivity index (χ0n) is 10.1. The number of carbonyl (C=O) groups is 1. The van der Waals surface area contributed by atoms with Gasteiger partial charge in [0, 0.05) is 12.2 Å². The highest BCUT2D eigenvalue weighted by atomic mass is 16.2. The fraction of sp³-hybridized carbons (Fsp3) is 0.385. The summed E-state index contributed by atoms with van der Waals surface area (Å²) < 4.78 is 1.82. The van der Waals surface area contributed by atoms with Gasteiger partial charge in [0.2, 0.25) is 0 Å². The Hall–Kier alpha value is -1.88. The molecule has 3 heterocycles. The first-order chi connectivity index (χ1) is 8.84. The van der Waals surface area contributed by atoms with Gasteiger partial charge in [-0.3, -0.25) is 9.20 Å². The van der Waals surface area contributed by atoms with E-state index in [0.29, 0.717) is 5.69 Å². The number of piperidine rings is 1. The summed E-state index contributed by atoms with van der Waals surface area (Å²) in [4.78, 5) is 16.4. The van der Waals surface area contributed by atoms with Crippen LogP contribution < -0.4 is 10.6 Å². The maximum absolute atomic E-state index is 12.2. The summed E-state index contributed by atoms with van der Waals surface area (Å²) in [5.41, 5.74) is 1.40. The second-order valence-electron chi connectivity index (χ2n) is 4.57. The lowest BCUT2D eigenvalue weighted by molar-refractivity contribution is 0.0923. The lowest BCUT2D eigenvalue weighted by atomic mass is 10.1. The summed E-state index contributed by atoms with van der Waals surface area (Å²) in [7, 11) is 0. The molecule has 18 heavy (non-hydrogen) atoms. The molecule has 2 aromatic heterocycles. The molecule has 1 amide bonds. The van der Waals surface area contributed by atoms with Gasteiger partial charge in [0.05, 0.1) is 6.20 Å². The topological polar surface area (TPSA) is 58.4 Å². The van der Waals surface area contributed by atoms with Crippen molar-refractivity contribution in [3.05, 3.63) is 36.3 Å². The molecule has 0 saturated carbocycles. The molecule has 2 aromatic rings. The predicted molar refractivity (Wildman–Crippen MR) is 68.5 cm³/mol. The minimum absolute atomic E-state index is 0.0411. The number of nitrogens with one attached hydrogen (secondary N) is 2. The second-order valence-corrected chi connectivity index (χ2v) is 4.57. The van der Waals surface area contributed by atoms with Crippen molar-refractivity contribution in [2.45, 2.75) is 18.9 Å². The third kappa shape index (κ3) is 2.09. The predicted octanol–water partition coefficient (Wildman–Crippen LogP) is 0.816. The van der Waals surface area contributed by atoms with Gasteiger partial charge in [0.1, 0.15) is 11.3 Å². The first-order valence-electron chi connectivity index (χ1n) is 6.28. The fourth-order valence-corrected chi connectivity index (χ4v) is 2.33. The van der Waals surface area contributed by atoms with Gasteiger partial charge >= 0.3 is 0 Å². The molecule has 1 aliphatic rings. The average molecular weight is 244 g/mol. The molecule has 5 nitrogen and oxygen atoms in total. The van der Waals surface area contributed by atoms with Crippen LogP contribution in [0.15, 0.2) is 30.6 Å². The molecule has 0 atom stereocenters. The number of hydrogen-bond donors (Lipinski definition) is 2. The second kappa shape index (κ2) is 4.78. The smallest absolute Gasteiger partial charge is 0.270 e. The number of rotatable bonds is 2. The van der Waals surface area contributed by atoms with Crippen molar-refractivity contribution >= 4 is 11.6 Å². The number of carbonyl (C=O) groups excluding carboxylic acids is 1. The molecule has 0 unspecified atom stereocenters. The van der Waals surface area contributed by atoms with Crippen molar-refractivity contribution < 1.29 is 4.79 Å². The number of hydrogen-bond acceptors (Lipinski definition) is 3. The Bertz CT molecular complexity index is 557. The average Bonchev–Trinajstić information content (AvgIpc) is 2.84. The fourth-order valence-electron chi connectivity index (χ4n) is 2.33. The lowest BCUT2D eigenvalue weighted by Crippen LogP contribution is -2.43. The van der Waals surface area contributed by atoms with Gasteiger partial charge in [0.15, 0.2) is 0 Å². The maximum atomic E-state index is 12.2. The SMILES string of the molecule is O=C(NC1CCNCC1)c1cnc2ccccn12. The van der Waals surface area contributed by atoms with Crippen molar-refractivity contribution in [2.75, 3.05) is 13.1 Å². The Morgan fingerprint density at radius 3 is 3.06 bits per heavy atom. The van der Waals surface area contributed by atoms with Crippen LogP contribution in [0.3, 0.4) is 0 Å². The Labute approximate surface area is 105 Å². The van der Waals surface area contributed by atoms with Crippen LogP contribution in [0, 0.1) is 0 Å². The largest absolute Gasteiger partial charge is 0.348 e. The molecular formula is C13H16N4O. The van der Waals surface area contributed by atoms with Gasteiger partial charge in [-0.25, -0.2) is 4.98 Å². The standard InChI is InChI=1S/C13H16N4O/c18-13(16-10-4-6-14-7-5-10)11-9-15-12-3-1-2-8-17(11)12/h1-3,8-10,14H,4-7H2,(H,16,18). The normalized spacial score (nSPS) is 16.9. The summed E-state index contributed by atoms with van der Waals surface area (Å²) in [6.07, 6.45) is 5.47. The maximum Gasteiger partial charge on any atom is 0.270 e. The zero-order valence-corrected chi connectivity index (χ0v) is 10.1. The molecule has 0 spiro atoms. The van der Waals surface area contributed by atoms with Crippen molar-refractivity contribution in [1.29, 1.82) is 0 Å². The number of aromatic nitrogens is 2. The van der Waals surface area contributed by atoms with Crippen molar-refractivity contribution in [2.24, 2.45) is 0 Å². The summed E-state index contributed by atoms with van der Waals surface area (Å²) in [5, 5.41) is 6.36. The van der Waals surface area contributed by atoms with Gasteiger partial charge in [0.25, 0.3) is 5.91 Å². The third-order valence-electron chi connectivity index (χ3n) is 3.32. The Balaban J connectivity index is 1.79. The quantitative estimate of drug-likeness (QED) is 0.822. The van der Waals surface area contributed by atoms with Crippen molar-refractivity contribution in [1.82, 2.24) is 20.0 Å². The van der Waals surface area contributed by atoms with Crippen LogP contribution in [-0.4, -0.2) is 34.4 Å². The van der Waals surface area contributed by atoms with Gasteiger partial charge in [-0.15, -0.1) is 0 Å². The summed E-state index contributed by atoms with van der Waals surface area (Å²) in [5.74, 6) is -0.0411. The van der Waals surface area contributed by atoms with Crippen molar-refractivity contribution in [3.8, 4) is 0 Å². The molecule has 3 rings (SSSR count). The molecular weight excluding hydrogens is 228 g/mol. The highest BCUT2D eigenvalue weighted by Crippen LogP contribution is 2.08. The number of pyridine rings is 1. The first kappa shape index (κ1) is 11.2. The number of fused-ring (bicyclic) bond motifs is 1. The summed E-state index contributed by atoms with van der Waals surface area (Å²) in [6, 6.07) is 5.97. The molecule has 0 aliphatic carbocycles. The van der Waals surface area contributed by atoms with E-state index in [1.165, 1.54) is 0 Å². The Morgan fingerprint density at radius 1 is 1.39 bits per heavy atom. The van der Waals surface area contributed by atoms with Crippen LogP contribution in [0.2, 0.25) is 0 Å². The van der Waals surface area contributed by atoms with E-state index in [9.17, 15) is 4.79 Å². The molecule has 5 heteroatoms. The van der Waals surface area contributed by atoms with Gasteiger partial charge in [-0.05, 0) is 38.1 Å². The van der Waals surface area contributed by atoms with E-state index in [4.69, 9.17) is 0 Å².